The van der Waals surface area contributed by atoms with Gasteiger partial charge in [-0.05, 0) is 26.4 Å². The van der Waals surface area contributed by atoms with Crippen molar-refractivity contribution in [2.45, 2.75) is 25.5 Å². The molecule has 48 valence electrons. The van der Waals surface area contributed by atoms with Crippen molar-refractivity contribution in [2.24, 2.45) is 0 Å². The van der Waals surface area contributed by atoms with Gasteiger partial charge in [0, 0.05) is 0 Å². The summed E-state index contributed by atoms with van der Waals surface area (Å²) in [6, 6.07) is 0. The Labute approximate surface area is 68.4 Å². The minimum atomic E-state index is -0.764. The molecule has 0 saturated carbocycles. The van der Waals surface area contributed by atoms with Crippen molar-refractivity contribution in [1.29, 1.82) is 0 Å². The molecule has 2 nitrogen and oxygen atoms in total. The van der Waals surface area contributed by atoms with Crippen LogP contribution in [0.4, 0.5) is 0 Å². The summed E-state index contributed by atoms with van der Waals surface area (Å²) in [6.07, 6.45) is 1.88. The number of hydrogen-bond donors (Lipinski definition) is 0. The van der Waals surface area contributed by atoms with Crippen molar-refractivity contribution in [1.82, 2.24) is 4.90 Å². The fraction of sp³-hybridized carbons (Fsp3) is 1.00. The predicted octanol–water partition coefficient (Wildman–Crippen LogP) is -3.21. The van der Waals surface area contributed by atoms with E-state index in [1.54, 1.807) is 6.92 Å². The molecule has 0 aliphatic carbocycles. The minimum Gasteiger partial charge on any atom is -0.838 e. The van der Waals surface area contributed by atoms with E-state index in [2.05, 4.69) is 0 Å². The monoisotopic (exact) mass is 121 g/mol. The van der Waals surface area contributed by atoms with Gasteiger partial charge in [0.2, 0.25) is 0 Å². The molecule has 1 atom stereocenters. The van der Waals surface area contributed by atoms with Crippen molar-refractivity contribution < 1.29 is 24.0 Å². The van der Waals surface area contributed by atoms with Crippen LogP contribution in [0, 0.1) is 0 Å². The second-order valence-corrected chi connectivity index (χ2v) is 2.70. The standard InChI is InChI=1S/C6H12NO.Li/c1-6(8)4-3-5-7(6)2;/h3-5H2,1-2H3;/q-1;+1. The van der Waals surface area contributed by atoms with Crippen LogP contribution in [-0.2, 0) is 0 Å². The van der Waals surface area contributed by atoms with Crippen molar-refractivity contribution in [2.75, 3.05) is 13.6 Å². The molecule has 0 aromatic heterocycles. The van der Waals surface area contributed by atoms with Crippen LogP contribution < -0.4 is 24.0 Å². The Balaban J connectivity index is 0.000000640. The smallest absolute Gasteiger partial charge is 0.838 e. The molecule has 0 aromatic rings. The maximum Gasteiger partial charge on any atom is 1.00 e. The summed E-state index contributed by atoms with van der Waals surface area (Å²) in [7, 11) is 1.89. The normalized spacial score (nSPS) is 36.3. The van der Waals surface area contributed by atoms with Gasteiger partial charge in [-0.25, -0.2) is 0 Å². The first-order valence-electron chi connectivity index (χ1n) is 3.04. The summed E-state index contributed by atoms with van der Waals surface area (Å²) in [4.78, 5) is 1.87. The molecular weight excluding hydrogens is 109 g/mol. The van der Waals surface area contributed by atoms with Crippen LogP contribution in [0.3, 0.4) is 0 Å². The molecule has 0 bridgehead atoms. The SMILES string of the molecule is CN1CCCC1(C)[O-].[Li+]. The molecule has 0 spiro atoms. The molecule has 3 heteroatoms. The molecule has 1 aliphatic heterocycles. The summed E-state index contributed by atoms with van der Waals surface area (Å²) in [5, 5.41) is 11.2. The number of hydrogen-bond acceptors (Lipinski definition) is 2. The first-order valence-corrected chi connectivity index (χ1v) is 3.04. The van der Waals surface area contributed by atoms with Gasteiger partial charge in [-0.1, -0.05) is 12.6 Å². The van der Waals surface area contributed by atoms with E-state index in [-0.39, 0.29) is 18.9 Å². The Morgan fingerprint density at radius 1 is 1.56 bits per heavy atom. The zero-order valence-electron chi connectivity index (χ0n) is 6.48. The topological polar surface area (TPSA) is 26.3 Å². The second kappa shape index (κ2) is 3.07. The number of nitrogens with zero attached hydrogens (tertiary/aromatic N) is 1. The molecule has 0 radical (unpaired) electrons. The Hall–Kier alpha value is 0.517. The van der Waals surface area contributed by atoms with Gasteiger partial charge < -0.3 is 10.0 Å². The molecule has 1 heterocycles. The van der Waals surface area contributed by atoms with E-state index < -0.39 is 5.72 Å². The van der Waals surface area contributed by atoms with Gasteiger partial charge in [-0.15, -0.1) is 0 Å². The summed E-state index contributed by atoms with van der Waals surface area (Å²) >= 11 is 0. The average molecular weight is 121 g/mol. The van der Waals surface area contributed by atoms with Crippen molar-refractivity contribution in [3.63, 3.8) is 0 Å². The van der Waals surface area contributed by atoms with E-state index in [0.29, 0.717) is 0 Å². The minimum absolute atomic E-state index is 0. The summed E-state index contributed by atoms with van der Waals surface area (Å²) in [5.74, 6) is 0. The molecule has 0 N–H and O–H groups in total. The second-order valence-electron chi connectivity index (χ2n) is 2.70. The molecule has 1 saturated heterocycles. The number of rotatable bonds is 0. The summed E-state index contributed by atoms with van der Waals surface area (Å²) in [6.45, 7) is 2.72. The van der Waals surface area contributed by atoms with E-state index in [1.165, 1.54) is 0 Å². The molecule has 1 fully saturated rings. The fourth-order valence-electron chi connectivity index (χ4n) is 1.07. The van der Waals surface area contributed by atoms with E-state index in [1.807, 2.05) is 11.9 Å². The van der Waals surface area contributed by atoms with Crippen LogP contribution >= 0.6 is 0 Å². The average Bonchev–Trinajstić information content (AvgIpc) is 1.86. The van der Waals surface area contributed by atoms with Gasteiger partial charge in [0.15, 0.2) is 0 Å². The van der Waals surface area contributed by atoms with Gasteiger partial charge in [0.05, 0.1) is 0 Å². The first kappa shape index (κ1) is 9.52. The fourth-order valence-corrected chi connectivity index (χ4v) is 1.07. The van der Waals surface area contributed by atoms with Crippen LogP contribution in [0.2, 0.25) is 0 Å². The maximum atomic E-state index is 11.2. The molecule has 0 amide bonds. The van der Waals surface area contributed by atoms with Crippen molar-refractivity contribution in [3.8, 4) is 0 Å². The van der Waals surface area contributed by atoms with E-state index in [9.17, 15) is 5.11 Å². The van der Waals surface area contributed by atoms with E-state index >= 15 is 0 Å². The zero-order chi connectivity index (χ0) is 6.20. The molecule has 0 aromatic carbocycles. The third-order valence-electron chi connectivity index (χ3n) is 1.94. The van der Waals surface area contributed by atoms with Gasteiger partial charge in [-0.3, -0.25) is 0 Å². The van der Waals surface area contributed by atoms with Gasteiger partial charge in [-0.2, -0.15) is 0 Å². The van der Waals surface area contributed by atoms with Crippen molar-refractivity contribution >= 4 is 0 Å². The zero-order valence-corrected chi connectivity index (χ0v) is 6.48. The van der Waals surface area contributed by atoms with E-state index in [0.717, 1.165) is 19.4 Å². The molecule has 1 rings (SSSR count). The van der Waals surface area contributed by atoms with Crippen LogP contribution in [-0.4, -0.2) is 24.2 Å². The van der Waals surface area contributed by atoms with Gasteiger partial charge in [0.1, 0.15) is 0 Å². The molecule has 9 heavy (non-hydrogen) atoms. The summed E-state index contributed by atoms with van der Waals surface area (Å²) < 4.78 is 0. The Morgan fingerprint density at radius 3 is 2.22 bits per heavy atom. The Kier molecular flexibility index (Phi) is 3.25. The van der Waals surface area contributed by atoms with Crippen LogP contribution in [0.15, 0.2) is 0 Å². The van der Waals surface area contributed by atoms with Crippen LogP contribution in [0.5, 0.6) is 0 Å². The van der Waals surface area contributed by atoms with Crippen molar-refractivity contribution in [3.05, 3.63) is 0 Å². The number of likely N-dealkylation sites (tertiary alicyclic amines) is 1. The molecular formula is C6H12LiNO. The maximum absolute atomic E-state index is 11.2. The predicted molar refractivity (Wildman–Crippen MR) is 30.3 cm³/mol. The third kappa shape index (κ3) is 1.98. The van der Waals surface area contributed by atoms with Gasteiger partial charge >= 0.3 is 18.9 Å². The van der Waals surface area contributed by atoms with Crippen LogP contribution in [0.25, 0.3) is 0 Å². The van der Waals surface area contributed by atoms with Crippen LogP contribution in [0.1, 0.15) is 19.8 Å². The molecule has 1 aliphatic rings. The molecule has 1 unspecified atom stereocenters. The Morgan fingerprint density at radius 2 is 2.11 bits per heavy atom. The quantitative estimate of drug-likeness (QED) is 0.315. The van der Waals surface area contributed by atoms with Gasteiger partial charge in [0.25, 0.3) is 0 Å². The third-order valence-corrected chi connectivity index (χ3v) is 1.94. The largest absolute Gasteiger partial charge is 1.00 e. The first-order chi connectivity index (χ1) is 3.63. The van der Waals surface area contributed by atoms with E-state index in [4.69, 9.17) is 0 Å². The summed E-state index contributed by atoms with van der Waals surface area (Å²) in [5.41, 5.74) is -0.764. The Bertz CT molecular complexity index is 95.1.